The summed E-state index contributed by atoms with van der Waals surface area (Å²) in [6.45, 7) is 5.47. The minimum Gasteiger partial charge on any atom is -0.324 e. The zero-order valence-electron chi connectivity index (χ0n) is 11.0. The molecule has 0 saturated heterocycles. The SMILES string of the molecule is CCC(C)(C)C(=O)Nc1cc(S(N)(=O)=O)ccc1Cl. The minimum absolute atomic E-state index is 0.0958. The van der Waals surface area contributed by atoms with E-state index >= 15 is 0 Å². The minimum atomic E-state index is -3.83. The van der Waals surface area contributed by atoms with Crippen LogP contribution in [0, 0.1) is 5.41 Å². The van der Waals surface area contributed by atoms with Crippen molar-refractivity contribution >= 4 is 33.2 Å². The number of sulfonamides is 1. The van der Waals surface area contributed by atoms with Crippen LogP contribution in [0.25, 0.3) is 0 Å². The van der Waals surface area contributed by atoms with E-state index in [2.05, 4.69) is 5.32 Å². The molecule has 0 aliphatic carbocycles. The van der Waals surface area contributed by atoms with Crippen LogP contribution < -0.4 is 10.5 Å². The maximum Gasteiger partial charge on any atom is 0.238 e. The Morgan fingerprint density at radius 3 is 2.47 bits per heavy atom. The number of amides is 1. The number of halogens is 1. The molecule has 0 bridgehead atoms. The lowest BCUT2D eigenvalue weighted by molar-refractivity contribution is -0.124. The van der Waals surface area contributed by atoms with E-state index in [1.54, 1.807) is 13.8 Å². The molecule has 7 heteroatoms. The van der Waals surface area contributed by atoms with Gasteiger partial charge < -0.3 is 5.32 Å². The molecule has 0 aromatic heterocycles. The number of hydrogen-bond acceptors (Lipinski definition) is 3. The molecule has 0 aliphatic rings. The third kappa shape index (κ3) is 3.92. The molecule has 0 fully saturated rings. The Hall–Kier alpha value is -1.11. The normalized spacial score (nSPS) is 12.3. The number of hydrogen-bond donors (Lipinski definition) is 2. The number of benzene rings is 1. The van der Waals surface area contributed by atoms with Gasteiger partial charge in [-0.15, -0.1) is 0 Å². The fraction of sp³-hybridized carbons (Fsp3) is 0.417. The van der Waals surface area contributed by atoms with E-state index in [4.69, 9.17) is 16.7 Å². The molecule has 0 spiro atoms. The van der Waals surface area contributed by atoms with E-state index in [1.807, 2.05) is 6.92 Å². The van der Waals surface area contributed by atoms with E-state index in [1.165, 1.54) is 18.2 Å². The van der Waals surface area contributed by atoms with Crippen LogP contribution in [0.1, 0.15) is 27.2 Å². The van der Waals surface area contributed by atoms with Crippen LogP contribution in [0.15, 0.2) is 23.1 Å². The van der Waals surface area contributed by atoms with Crippen LogP contribution >= 0.6 is 11.6 Å². The van der Waals surface area contributed by atoms with Gasteiger partial charge in [0.05, 0.1) is 15.6 Å². The van der Waals surface area contributed by atoms with Gasteiger partial charge in [-0.05, 0) is 24.6 Å². The van der Waals surface area contributed by atoms with Gasteiger partial charge in [-0.25, -0.2) is 13.6 Å². The molecule has 5 nitrogen and oxygen atoms in total. The average molecular weight is 305 g/mol. The summed E-state index contributed by atoms with van der Waals surface area (Å²) in [5.74, 6) is -0.233. The number of anilines is 1. The van der Waals surface area contributed by atoms with Crippen LogP contribution in [-0.4, -0.2) is 14.3 Å². The predicted molar refractivity (Wildman–Crippen MR) is 75.5 cm³/mol. The smallest absolute Gasteiger partial charge is 0.238 e. The third-order valence-corrected chi connectivity index (χ3v) is 4.25. The summed E-state index contributed by atoms with van der Waals surface area (Å²) < 4.78 is 22.5. The fourth-order valence-electron chi connectivity index (χ4n) is 1.23. The largest absolute Gasteiger partial charge is 0.324 e. The van der Waals surface area contributed by atoms with Crippen molar-refractivity contribution in [3.8, 4) is 0 Å². The van der Waals surface area contributed by atoms with E-state index in [9.17, 15) is 13.2 Å². The zero-order valence-corrected chi connectivity index (χ0v) is 12.6. The molecule has 3 N–H and O–H groups in total. The second-order valence-electron chi connectivity index (χ2n) is 4.88. The van der Waals surface area contributed by atoms with Crippen LogP contribution in [0.5, 0.6) is 0 Å². The number of primary sulfonamides is 1. The van der Waals surface area contributed by atoms with Crippen LogP contribution in [-0.2, 0) is 14.8 Å². The van der Waals surface area contributed by atoms with Crippen molar-refractivity contribution in [2.75, 3.05) is 5.32 Å². The first-order valence-electron chi connectivity index (χ1n) is 5.71. The van der Waals surface area contributed by atoms with Gasteiger partial charge in [0.1, 0.15) is 0 Å². The summed E-state index contributed by atoms with van der Waals surface area (Å²) in [6.07, 6.45) is 0.644. The maximum atomic E-state index is 12.0. The summed E-state index contributed by atoms with van der Waals surface area (Å²) in [5, 5.41) is 7.92. The van der Waals surface area contributed by atoms with Crippen molar-refractivity contribution in [2.24, 2.45) is 10.6 Å². The number of rotatable bonds is 4. The summed E-state index contributed by atoms with van der Waals surface area (Å²) in [5.41, 5.74) is -0.333. The Morgan fingerprint density at radius 1 is 1.42 bits per heavy atom. The van der Waals surface area contributed by atoms with Gasteiger partial charge in [-0.3, -0.25) is 4.79 Å². The molecule has 1 aromatic rings. The molecule has 0 aliphatic heterocycles. The number of carbonyl (C=O) groups is 1. The standard InChI is InChI=1S/C12H17ClN2O3S/c1-4-12(2,3)11(16)15-10-7-8(19(14,17)18)5-6-9(10)13/h5-7H,4H2,1-3H3,(H,15,16)(H2,14,17,18). The van der Waals surface area contributed by atoms with Crippen molar-refractivity contribution < 1.29 is 13.2 Å². The fourth-order valence-corrected chi connectivity index (χ4v) is 1.93. The Labute approximate surface area is 118 Å². The second kappa shape index (κ2) is 5.48. The van der Waals surface area contributed by atoms with Gasteiger partial charge in [0.15, 0.2) is 0 Å². The Kier molecular flexibility index (Phi) is 4.60. The molecule has 0 heterocycles. The molecule has 1 amide bonds. The van der Waals surface area contributed by atoms with Gasteiger partial charge >= 0.3 is 0 Å². The Bertz CT molecular complexity index is 597. The highest BCUT2D eigenvalue weighted by atomic mass is 35.5. The molecule has 0 unspecified atom stereocenters. The lowest BCUT2D eigenvalue weighted by atomic mass is 9.89. The van der Waals surface area contributed by atoms with Crippen LogP contribution in [0.4, 0.5) is 5.69 Å². The third-order valence-electron chi connectivity index (χ3n) is 3.01. The molecule has 106 valence electrons. The quantitative estimate of drug-likeness (QED) is 0.895. The van der Waals surface area contributed by atoms with E-state index in [0.717, 1.165) is 0 Å². The van der Waals surface area contributed by atoms with Gasteiger partial charge in [0.25, 0.3) is 0 Å². The van der Waals surface area contributed by atoms with Crippen LogP contribution in [0.3, 0.4) is 0 Å². The van der Waals surface area contributed by atoms with Gasteiger partial charge in [0.2, 0.25) is 15.9 Å². The highest BCUT2D eigenvalue weighted by molar-refractivity contribution is 7.89. The highest BCUT2D eigenvalue weighted by Crippen LogP contribution is 2.28. The van der Waals surface area contributed by atoms with Crippen molar-refractivity contribution in [3.05, 3.63) is 23.2 Å². The maximum absolute atomic E-state index is 12.0. The lowest BCUT2D eigenvalue weighted by Crippen LogP contribution is -2.30. The van der Waals surface area contributed by atoms with Gasteiger partial charge in [-0.1, -0.05) is 32.4 Å². The molecule has 0 radical (unpaired) electrons. The summed E-state index contributed by atoms with van der Waals surface area (Å²) >= 11 is 5.93. The molecular formula is C12H17ClN2O3S. The Morgan fingerprint density at radius 2 is 2.00 bits per heavy atom. The summed E-state index contributed by atoms with van der Waals surface area (Å²) in [6, 6.07) is 3.93. The second-order valence-corrected chi connectivity index (χ2v) is 6.85. The van der Waals surface area contributed by atoms with Crippen molar-refractivity contribution in [2.45, 2.75) is 32.1 Å². The lowest BCUT2D eigenvalue weighted by Gasteiger charge is -2.22. The van der Waals surface area contributed by atoms with Crippen molar-refractivity contribution in [1.29, 1.82) is 0 Å². The Balaban J connectivity index is 3.12. The molecule has 1 rings (SSSR count). The van der Waals surface area contributed by atoms with Gasteiger partial charge in [0, 0.05) is 5.41 Å². The number of nitrogens with two attached hydrogens (primary N) is 1. The first-order valence-corrected chi connectivity index (χ1v) is 7.64. The molecular weight excluding hydrogens is 288 g/mol. The predicted octanol–water partition coefficient (Wildman–Crippen LogP) is 2.36. The van der Waals surface area contributed by atoms with E-state index in [-0.39, 0.29) is 21.5 Å². The molecule has 0 atom stereocenters. The molecule has 19 heavy (non-hydrogen) atoms. The number of nitrogens with one attached hydrogen (secondary N) is 1. The zero-order chi connectivity index (χ0) is 14.8. The molecule has 0 saturated carbocycles. The van der Waals surface area contributed by atoms with E-state index < -0.39 is 15.4 Å². The number of carbonyl (C=O) groups excluding carboxylic acids is 1. The summed E-state index contributed by atoms with van der Waals surface area (Å²) in [7, 11) is -3.83. The van der Waals surface area contributed by atoms with Gasteiger partial charge in [-0.2, -0.15) is 0 Å². The first-order chi connectivity index (χ1) is 8.58. The summed E-state index contributed by atoms with van der Waals surface area (Å²) in [4.78, 5) is 11.9. The van der Waals surface area contributed by atoms with Crippen molar-refractivity contribution in [1.82, 2.24) is 0 Å². The van der Waals surface area contributed by atoms with E-state index in [0.29, 0.717) is 6.42 Å². The van der Waals surface area contributed by atoms with Crippen molar-refractivity contribution in [3.63, 3.8) is 0 Å². The monoisotopic (exact) mass is 304 g/mol. The first kappa shape index (κ1) is 15.9. The van der Waals surface area contributed by atoms with Crippen LogP contribution in [0.2, 0.25) is 5.02 Å². The topological polar surface area (TPSA) is 89.3 Å². The highest BCUT2D eigenvalue weighted by Gasteiger charge is 2.26. The molecule has 1 aromatic carbocycles. The average Bonchev–Trinajstić information content (AvgIpc) is 2.30.